The van der Waals surface area contributed by atoms with Crippen molar-refractivity contribution in [1.29, 1.82) is 0 Å². The summed E-state index contributed by atoms with van der Waals surface area (Å²) in [5.74, 6) is 1.16. The van der Waals surface area contributed by atoms with Gasteiger partial charge in [0.1, 0.15) is 6.54 Å². The smallest absolute Gasteiger partial charge is 0.242 e. The Bertz CT molecular complexity index is 683. The third kappa shape index (κ3) is 3.06. The van der Waals surface area contributed by atoms with E-state index in [9.17, 15) is 9.59 Å². The fraction of sp³-hybridized carbons (Fsp3) is 0.333. The molecule has 2 amide bonds. The number of nitrogens with zero attached hydrogens (tertiary/aromatic N) is 2. The fourth-order valence-electron chi connectivity index (χ4n) is 2.32. The highest BCUT2D eigenvalue weighted by atomic mass is 32.2. The molecule has 1 aromatic carbocycles. The molecule has 0 atom stereocenters. The van der Waals surface area contributed by atoms with E-state index in [0.717, 1.165) is 5.56 Å². The first kappa shape index (κ1) is 14.4. The van der Waals surface area contributed by atoms with Crippen LogP contribution in [0.15, 0.2) is 29.6 Å². The van der Waals surface area contributed by atoms with Gasteiger partial charge in [-0.05, 0) is 22.4 Å². The third-order valence-corrected chi connectivity index (χ3v) is 5.50. The van der Waals surface area contributed by atoms with E-state index in [4.69, 9.17) is 0 Å². The molecule has 0 radical (unpaired) electrons. The quantitative estimate of drug-likeness (QED) is 0.868. The van der Waals surface area contributed by atoms with Gasteiger partial charge in [-0.15, -0.1) is 23.1 Å². The van der Waals surface area contributed by atoms with Crippen LogP contribution in [0.1, 0.15) is 5.56 Å². The van der Waals surface area contributed by atoms with E-state index >= 15 is 0 Å². The molecule has 0 N–H and O–H groups in total. The van der Waals surface area contributed by atoms with Crippen LogP contribution < -0.4 is 0 Å². The van der Waals surface area contributed by atoms with E-state index in [1.165, 1.54) is 10.1 Å². The minimum Gasteiger partial charge on any atom is -0.340 e. The monoisotopic (exact) mass is 320 g/mol. The van der Waals surface area contributed by atoms with E-state index in [1.807, 2.05) is 12.1 Å². The highest BCUT2D eigenvalue weighted by molar-refractivity contribution is 8.00. The number of thioether (sulfide) groups is 1. The zero-order valence-electron chi connectivity index (χ0n) is 11.7. The molecule has 1 aromatic heterocycles. The van der Waals surface area contributed by atoms with Gasteiger partial charge in [0.15, 0.2) is 0 Å². The van der Waals surface area contributed by atoms with Gasteiger partial charge in [-0.1, -0.05) is 18.2 Å². The Balaban J connectivity index is 1.66. The van der Waals surface area contributed by atoms with E-state index in [1.54, 1.807) is 39.9 Å². The zero-order valence-corrected chi connectivity index (χ0v) is 13.4. The fourth-order valence-corrected chi connectivity index (χ4v) is 4.18. The van der Waals surface area contributed by atoms with Crippen molar-refractivity contribution in [2.45, 2.75) is 6.54 Å². The van der Waals surface area contributed by atoms with Crippen LogP contribution in [-0.4, -0.2) is 46.8 Å². The summed E-state index contributed by atoms with van der Waals surface area (Å²) in [5.41, 5.74) is 1.16. The topological polar surface area (TPSA) is 40.6 Å². The minimum atomic E-state index is -0.0128. The number of carbonyl (C=O) groups excluding carboxylic acids is 2. The predicted octanol–water partition coefficient (Wildman–Crippen LogP) is 2.39. The Labute approximate surface area is 131 Å². The molecule has 0 spiro atoms. The maximum Gasteiger partial charge on any atom is 0.242 e. The summed E-state index contributed by atoms with van der Waals surface area (Å²) in [6.07, 6.45) is 0. The van der Waals surface area contributed by atoms with E-state index in [-0.39, 0.29) is 18.4 Å². The predicted molar refractivity (Wildman–Crippen MR) is 87.3 cm³/mol. The molecule has 6 heteroatoms. The number of hydrogen-bond acceptors (Lipinski definition) is 4. The number of rotatable bonds is 4. The standard InChI is InChI=1S/C15H16N2O2S2/c1-16(14(18)7-17-10-20-9-15(17)19)6-11-8-21-13-5-3-2-4-12(11)13/h2-5,8H,6-7,9-10H2,1H3. The number of likely N-dealkylation sites (N-methyl/N-ethyl adjacent to an activating group) is 1. The second-order valence-electron chi connectivity index (χ2n) is 5.08. The lowest BCUT2D eigenvalue weighted by Crippen LogP contribution is -2.38. The Kier molecular flexibility index (Phi) is 4.17. The molecule has 1 aliphatic rings. The summed E-state index contributed by atoms with van der Waals surface area (Å²) in [5, 5.41) is 3.31. The first-order valence-electron chi connectivity index (χ1n) is 6.70. The van der Waals surface area contributed by atoms with Crippen molar-refractivity contribution in [3.8, 4) is 0 Å². The van der Waals surface area contributed by atoms with Gasteiger partial charge in [-0.25, -0.2) is 0 Å². The average Bonchev–Trinajstić information content (AvgIpc) is 3.07. The van der Waals surface area contributed by atoms with Crippen LogP contribution in [0.5, 0.6) is 0 Å². The van der Waals surface area contributed by atoms with Gasteiger partial charge in [0.2, 0.25) is 11.8 Å². The number of thiophene rings is 1. The van der Waals surface area contributed by atoms with Gasteiger partial charge in [-0.2, -0.15) is 0 Å². The first-order valence-corrected chi connectivity index (χ1v) is 8.73. The first-order chi connectivity index (χ1) is 10.1. The highest BCUT2D eigenvalue weighted by Crippen LogP contribution is 2.26. The molecule has 110 valence electrons. The number of carbonyl (C=O) groups is 2. The lowest BCUT2D eigenvalue weighted by molar-refractivity contribution is -0.137. The summed E-state index contributed by atoms with van der Waals surface area (Å²) in [6.45, 7) is 0.766. The van der Waals surface area contributed by atoms with Gasteiger partial charge >= 0.3 is 0 Å². The van der Waals surface area contributed by atoms with Crippen molar-refractivity contribution < 1.29 is 9.59 Å². The van der Waals surface area contributed by atoms with Crippen molar-refractivity contribution >= 4 is 45.0 Å². The molecule has 0 unspecified atom stereocenters. The normalized spacial score (nSPS) is 14.9. The minimum absolute atomic E-state index is 0.0128. The summed E-state index contributed by atoms with van der Waals surface area (Å²) in [7, 11) is 1.79. The SMILES string of the molecule is CN(Cc1csc2ccccc12)C(=O)CN1CSCC1=O. The molecule has 1 aliphatic heterocycles. The average molecular weight is 320 g/mol. The third-order valence-electron chi connectivity index (χ3n) is 3.55. The van der Waals surface area contributed by atoms with Crippen LogP contribution in [-0.2, 0) is 16.1 Å². The Morgan fingerprint density at radius 2 is 2.19 bits per heavy atom. The molecule has 21 heavy (non-hydrogen) atoms. The van der Waals surface area contributed by atoms with E-state index < -0.39 is 0 Å². The molecular formula is C15H16N2O2S2. The largest absolute Gasteiger partial charge is 0.340 e. The van der Waals surface area contributed by atoms with Crippen molar-refractivity contribution in [2.75, 3.05) is 25.2 Å². The number of fused-ring (bicyclic) bond motifs is 1. The van der Waals surface area contributed by atoms with Gasteiger partial charge in [-0.3, -0.25) is 9.59 Å². The zero-order chi connectivity index (χ0) is 14.8. The van der Waals surface area contributed by atoms with Crippen LogP contribution in [0.4, 0.5) is 0 Å². The molecule has 2 aromatic rings. The summed E-state index contributed by atoms with van der Waals surface area (Å²) in [6, 6.07) is 8.21. The molecule has 2 heterocycles. The van der Waals surface area contributed by atoms with Crippen LogP contribution in [0.25, 0.3) is 10.1 Å². The maximum atomic E-state index is 12.2. The molecule has 0 bridgehead atoms. The molecular weight excluding hydrogens is 304 g/mol. The lowest BCUT2D eigenvalue weighted by Gasteiger charge is -2.21. The summed E-state index contributed by atoms with van der Waals surface area (Å²) < 4.78 is 1.24. The maximum absolute atomic E-state index is 12.2. The van der Waals surface area contributed by atoms with Crippen molar-refractivity contribution in [3.05, 3.63) is 35.2 Å². The Hall–Kier alpha value is -1.53. The van der Waals surface area contributed by atoms with Gasteiger partial charge < -0.3 is 9.80 Å². The van der Waals surface area contributed by atoms with E-state index in [2.05, 4.69) is 17.5 Å². The van der Waals surface area contributed by atoms with E-state index in [0.29, 0.717) is 18.2 Å². The molecule has 1 saturated heterocycles. The number of benzene rings is 1. The molecule has 3 rings (SSSR count). The van der Waals surface area contributed by atoms with Gasteiger partial charge in [0.25, 0.3) is 0 Å². The Morgan fingerprint density at radius 3 is 2.95 bits per heavy atom. The van der Waals surface area contributed by atoms with Gasteiger partial charge in [0.05, 0.1) is 11.6 Å². The second-order valence-corrected chi connectivity index (χ2v) is 6.94. The Morgan fingerprint density at radius 1 is 1.38 bits per heavy atom. The number of amides is 2. The lowest BCUT2D eigenvalue weighted by atomic mass is 10.1. The summed E-state index contributed by atoms with van der Waals surface area (Å²) >= 11 is 3.25. The van der Waals surface area contributed by atoms with Crippen molar-refractivity contribution in [2.24, 2.45) is 0 Å². The molecule has 0 aliphatic carbocycles. The van der Waals surface area contributed by atoms with Crippen LogP contribution in [0.3, 0.4) is 0 Å². The number of hydrogen-bond donors (Lipinski definition) is 0. The van der Waals surface area contributed by atoms with Crippen molar-refractivity contribution in [1.82, 2.24) is 9.80 Å². The second kappa shape index (κ2) is 6.07. The van der Waals surface area contributed by atoms with Crippen LogP contribution >= 0.6 is 23.1 Å². The van der Waals surface area contributed by atoms with Crippen LogP contribution in [0.2, 0.25) is 0 Å². The highest BCUT2D eigenvalue weighted by Gasteiger charge is 2.24. The van der Waals surface area contributed by atoms with Crippen LogP contribution in [0, 0.1) is 0 Å². The summed E-state index contributed by atoms with van der Waals surface area (Å²) in [4.78, 5) is 27.1. The molecule has 0 saturated carbocycles. The molecule has 1 fully saturated rings. The molecule has 4 nitrogen and oxygen atoms in total. The van der Waals surface area contributed by atoms with Gasteiger partial charge in [0, 0.05) is 18.3 Å². The van der Waals surface area contributed by atoms with Crippen molar-refractivity contribution in [3.63, 3.8) is 0 Å².